The fraction of sp³-hybridized carbons (Fsp3) is 0. The maximum absolute atomic E-state index is 6.15. The van der Waals surface area contributed by atoms with E-state index in [1.165, 1.54) is 5.56 Å². The number of hydrogen-bond donors (Lipinski definition) is 1. The molecule has 2 aromatic carbocycles. The maximum atomic E-state index is 6.15. The quantitative estimate of drug-likeness (QED) is 0.588. The molecule has 22 heavy (non-hydrogen) atoms. The zero-order valence-corrected chi connectivity index (χ0v) is 12.5. The molecule has 106 valence electrons. The Morgan fingerprint density at radius 1 is 0.773 bits per heavy atom. The van der Waals surface area contributed by atoms with E-state index in [0.717, 1.165) is 20.7 Å². The van der Waals surface area contributed by atoms with E-state index in [-0.39, 0.29) is 0 Å². The van der Waals surface area contributed by atoms with Crippen molar-refractivity contribution < 1.29 is 0 Å². The summed E-state index contributed by atoms with van der Waals surface area (Å²) in [6.45, 7) is 0. The highest BCUT2D eigenvalue weighted by Gasteiger charge is 2.11. The van der Waals surface area contributed by atoms with Crippen LogP contribution in [-0.2, 0) is 0 Å². The largest absolute Gasteiger partial charge is 0.382 e. The van der Waals surface area contributed by atoms with Gasteiger partial charge in [-0.15, -0.1) is 11.3 Å². The highest BCUT2D eigenvalue weighted by Crippen LogP contribution is 2.35. The van der Waals surface area contributed by atoms with Crippen LogP contribution in [0.4, 0.5) is 5.82 Å². The van der Waals surface area contributed by atoms with Gasteiger partial charge in [0, 0.05) is 10.4 Å². The number of anilines is 1. The predicted octanol–water partition coefficient (Wildman–Crippen LogP) is 4.61. The number of rotatable bonds is 2. The van der Waals surface area contributed by atoms with Crippen molar-refractivity contribution in [2.45, 2.75) is 0 Å². The highest BCUT2D eigenvalue weighted by atomic mass is 32.1. The van der Waals surface area contributed by atoms with E-state index in [4.69, 9.17) is 5.73 Å². The minimum Gasteiger partial charge on any atom is -0.382 e. The summed E-state index contributed by atoms with van der Waals surface area (Å²) >= 11 is 1.63. The van der Waals surface area contributed by atoms with E-state index in [9.17, 15) is 0 Å². The average molecular weight is 303 g/mol. The van der Waals surface area contributed by atoms with Gasteiger partial charge in [-0.3, -0.25) is 0 Å². The summed E-state index contributed by atoms with van der Waals surface area (Å²) in [5, 5.41) is 0. The number of fused-ring (bicyclic) bond motifs is 1. The molecule has 0 aliphatic carbocycles. The van der Waals surface area contributed by atoms with E-state index in [1.807, 2.05) is 48.5 Å². The molecule has 4 rings (SSSR count). The Morgan fingerprint density at radius 3 is 2.09 bits per heavy atom. The Labute approximate surface area is 132 Å². The van der Waals surface area contributed by atoms with Crippen LogP contribution < -0.4 is 5.73 Å². The first-order valence-corrected chi connectivity index (χ1v) is 7.81. The topological polar surface area (TPSA) is 51.8 Å². The van der Waals surface area contributed by atoms with Gasteiger partial charge in [0.1, 0.15) is 5.82 Å². The monoisotopic (exact) mass is 303 g/mol. The van der Waals surface area contributed by atoms with Crippen molar-refractivity contribution in [2.75, 3.05) is 5.73 Å². The van der Waals surface area contributed by atoms with Gasteiger partial charge in [0.2, 0.25) is 0 Å². The van der Waals surface area contributed by atoms with E-state index in [0.29, 0.717) is 11.6 Å². The van der Waals surface area contributed by atoms with Crippen molar-refractivity contribution in [3.8, 4) is 21.8 Å². The molecule has 4 aromatic rings. The molecule has 0 bridgehead atoms. The number of nitrogen functional groups attached to an aromatic ring is 1. The lowest BCUT2D eigenvalue weighted by Crippen LogP contribution is -1.95. The van der Waals surface area contributed by atoms with Crippen molar-refractivity contribution in [1.29, 1.82) is 0 Å². The van der Waals surface area contributed by atoms with Crippen molar-refractivity contribution in [3.63, 3.8) is 0 Å². The lowest BCUT2D eigenvalue weighted by Gasteiger charge is -2.01. The van der Waals surface area contributed by atoms with Gasteiger partial charge in [-0.1, -0.05) is 60.7 Å². The van der Waals surface area contributed by atoms with Crippen LogP contribution in [0.1, 0.15) is 0 Å². The third-order valence-corrected chi connectivity index (χ3v) is 4.68. The van der Waals surface area contributed by atoms with Gasteiger partial charge in [0.05, 0.1) is 10.2 Å². The molecule has 0 spiro atoms. The maximum Gasteiger partial charge on any atom is 0.162 e. The smallest absolute Gasteiger partial charge is 0.162 e. The minimum absolute atomic E-state index is 0.538. The fourth-order valence-corrected chi connectivity index (χ4v) is 3.42. The van der Waals surface area contributed by atoms with E-state index >= 15 is 0 Å². The fourth-order valence-electron chi connectivity index (χ4n) is 2.41. The summed E-state index contributed by atoms with van der Waals surface area (Å²) < 4.78 is 0.943. The molecular weight excluding hydrogens is 290 g/mol. The Bertz CT molecular complexity index is 931. The summed E-state index contributed by atoms with van der Waals surface area (Å²) in [5.41, 5.74) is 9.19. The molecule has 0 aliphatic rings. The molecule has 2 N–H and O–H groups in total. The Morgan fingerprint density at radius 2 is 1.41 bits per heavy atom. The van der Waals surface area contributed by atoms with E-state index in [1.54, 1.807) is 11.3 Å². The SMILES string of the molecule is Nc1nc(-c2ccccc2)nc2cc(-c3ccccc3)sc12. The third kappa shape index (κ3) is 2.23. The first-order chi connectivity index (χ1) is 10.8. The minimum atomic E-state index is 0.538. The second-order valence-electron chi connectivity index (χ2n) is 4.99. The van der Waals surface area contributed by atoms with Crippen molar-refractivity contribution >= 4 is 27.4 Å². The van der Waals surface area contributed by atoms with Crippen LogP contribution in [0.15, 0.2) is 66.7 Å². The second-order valence-corrected chi connectivity index (χ2v) is 6.04. The van der Waals surface area contributed by atoms with Gasteiger partial charge in [-0.25, -0.2) is 9.97 Å². The highest BCUT2D eigenvalue weighted by molar-refractivity contribution is 7.22. The molecule has 3 nitrogen and oxygen atoms in total. The molecule has 4 heteroatoms. The third-order valence-electron chi connectivity index (χ3n) is 3.49. The summed E-state index contributed by atoms with van der Waals surface area (Å²) in [7, 11) is 0. The molecular formula is C18H13N3S. The van der Waals surface area contributed by atoms with Gasteiger partial charge in [0.15, 0.2) is 5.82 Å². The van der Waals surface area contributed by atoms with Crippen LogP contribution in [0.25, 0.3) is 32.0 Å². The first-order valence-electron chi connectivity index (χ1n) is 6.99. The Balaban J connectivity index is 1.88. The number of hydrogen-bond acceptors (Lipinski definition) is 4. The summed E-state index contributed by atoms with van der Waals surface area (Å²) in [6, 6.07) is 22.2. The predicted molar refractivity (Wildman–Crippen MR) is 92.7 cm³/mol. The van der Waals surface area contributed by atoms with Gasteiger partial charge in [0.25, 0.3) is 0 Å². The summed E-state index contributed by atoms with van der Waals surface area (Å²) in [6.07, 6.45) is 0. The molecule has 0 fully saturated rings. The zero-order chi connectivity index (χ0) is 14.9. The van der Waals surface area contributed by atoms with Crippen LogP contribution in [0, 0.1) is 0 Å². The zero-order valence-electron chi connectivity index (χ0n) is 11.7. The Kier molecular flexibility index (Phi) is 3.09. The Hall–Kier alpha value is -2.72. The average Bonchev–Trinajstić information content (AvgIpc) is 3.01. The van der Waals surface area contributed by atoms with Crippen molar-refractivity contribution in [2.24, 2.45) is 0 Å². The molecule has 2 heterocycles. The lowest BCUT2D eigenvalue weighted by molar-refractivity contribution is 1.24. The second kappa shape index (κ2) is 5.24. The molecule has 0 unspecified atom stereocenters. The van der Waals surface area contributed by atoms with Crippen molar-refractivity contribution in [1.82, 2.24) is 9.97 Å². The summed E-state index contributed by atoms with van der Waals surface area (Å²) in [5.74, 6) is 1.21. The number of thiophene rings is 1. The summed E-state index contributed by atoms with van der Waals surface area (Å²) in [4.78, 5) is 10.3. The van der Waals surface area contributed by atoms with Gasteiger partial charge < -0.3 is 5.73 Å². The molecule has 0 aliphatic heterocycles. The van der Waals surface area contributed by atoms with Crippen molar-refractivity contribution in [3.05, 3.63) is 66.7 Å². The molecule has 0 atom stereocenters. The first kappa shape index (κ1) is 13.0. The van der Waals surface area contributed by atoms with Crippen LogP contribution in [-0.4, -0.2) is 9.97 Å². The molecule has 0 saturated carbocycles. The van der Waals surface area contributed by atoms with Gasteiger partial charge >= 0.3 is 0 Å². The number of aromatic nitrogens is 2. The number of nitrogens with zero attached hydrogens (tertiary/aromatic N) is 2. The van der Waals surface area contributed by atoms with E-state index < -0.39 is 0 Å². The van der Waals surface area contributed by atoms with Crippen LogP contribution in [0.5, 0.6) is 0 Å². The van der Waals surface area contributed by atoms with Crippen LogP contribution in [0.2, 0.25) is 0 Å². The number of nitrogens with two attached hydrogens (primary N) is 1. The van der Waals surface area contributed by atoms with E-state index in [2.05, 4.69) is 28.2 Å². The molecule has 0 radical (unpaired) electrons. The molecule has 2 aromatic heterocycles. The lowest BCUT2D eigenvalue weighted by atomic mass is 10.2. The molecule has 0 amide bonds. The normalized spacial score (nSPS) is 10.9. The number of benzene rings is 2. The van der Waals surface area contributed by atoms with Gasteiger partial charge in [-0.05, 0) is 11.6 Å². The molecule has 0 saturated heterocycles. The van der Waals surface area contributed by atoms with Gasteiger partial charge in [-0.2, -0.15) is 0 Å². The van der Waals surface area contributed by atoms with Crippen LogP contribution >= 0.6 is 11.3 Å². The van der Waals surface area contributed by atoms with Crippen LogP contribution in [0.3, 0.4) is 0 Å². The standard InChI is InChI=1S/C18H13N3S/c19-17-16-14(11-15(22-16)12-7-3-1-4-8-12)20-18(21-17)13-9-5-2-6-10-13/h1-11H,(H2,19,20,21).